The molecule has 7 heteroatoms. The van der Waals surface area contributed by atoms with Gasteiger partial charge >= 0.3 is 6.18 Å². The van der Waals surface area contributed by atoms with Gasteiger partial charge in [-0.25, -0.2) is 4.98 Å². The quantitative estimate of drug-likeness (QED) is 0.702. The fourth-order valence-electron chi connectivity index (χ4n) is 2.15. The van der Waals surface area contributed by atoms with E-state index >= 15 is 0 Å². The molecule has 0 saturated heterocycles. The van der Waals surface area contributed by atoms with Gasteiger partial charge in [0, 0.05) is 5.56 Å². The molecule has 0 saturated carbocycles. The van der Waals surface area contributed by atoms with Crippen LogP contribution >= 0.6 is 0 Å². The summed E-state index contributed by atoms with van der Waals surface area (Å²) >= 11 is 0. The van der Waals surface area contributed by atoms with Crippen LogP contribution in [0.4, 0.5) is 13.2 Å². The number of rotatable bonds is 1. The molecule has 1 aromatic heterocycles. The van der Waals surface area contributed by atoms with Crippen molar-refractivity contribution in [3.63, 3.8) is 0 Å². The monoisotopic (exact) mass is 306 g/mol. The normalized spacial score (nSPS) is 11.8. The average Bonchev–Trinajstić information content (AvgIpc) is 2.50. The number of aromatic nitrogens is 2. The van der Waals surface area contributed by atoms with Crippen LogP contribution < -0.4 is 5.56 Å². The molecule has 0 aliphatic rings. The smallest absolute Gasteiger partial charge is 0.416 e. The van der Waals surface area contributed by atoms with E-state index < -0.39 is 17.3 Å². The lowest BCUT2D eigenvalue weighted by Crippen LogP contribution is -2.21. The van der Waals surface area contributed by atoms with E-state index in [2.05, 4.69) is 4.98 Å². The molecule has 0 unspecified atom stereocenters. The van der Waals surface area contributed by atoms with Crippen LogP contribution in [-0.4, -0.2) is 14.9 Å². The highest BCUT2D eigenvalue weighted by Gasteiger charge is 2.30. The summed E-state index contributed by atoms with van der Waals surface area (Å²) in [6.45, 7) is 0. The summed E-state index contributed by atoms with van der Waals surface area (Å²) in [5, 5.41) is 10.1. The minimum atomic E-state index is -4.52. The lowest BCUT2D eigenvalue weighted by molar-refractivity contribution is -0.137. The van der Waals surface area contributed by atoms with Crippen LogP contribution in [0.1, 0.15) is 5.56 Å². The van der Waals surface area contributed by atoms with Gasteiger partial charge in [0.15, 0.2) is 5.82 Å². The standard InChI is InChI=1S/C15H9F3N2O2/c16-15(17,18)10-5-3-4-9(8-10)13-19-12-7-2-1-6-11(12)14(21)20(13)22/h1-8,22H. The Morgan fingerprint density at radius 1 is 1.05 bits per heavy atom. The predicted molar refractivity (Wildman–Crippen MR) is 73.6 cm³/mol. The maximum Gasteiger partial charge on any atom is 0.416 e. The molecule has 0 radical (unpaired) electrons. The zero-order valence-electron chi connectivity index (χ0n) is 11.0. The Morgan fingerprint density at radius 2 is 1.77 bits per heavy atom. The highest BCUT2D eigenvalue weighted by Crippen LogP contribution is 2.31. The molecule has 0 bridgehead atoms. The van der Waals surface area contributed by atoms with Crippen molar-refractivity contribution in [3.05, 3.63) is 64.4 Å². The number of benzene rings is 2. The van der Waals surface area contributed by atoms with Crippen LogP contribution in [0, 0.1) is 0 Å². The predicted octanol–water partition coefficient (Wildman–Crippen LogP) is 3.32. The first-order chi connectivity index (χ1) is 10.4. The zero-order chi connectivity index (χ0) is 15.9. The molecule has 1 N–H and O–H groups in total. The molecule has 0 spiro atoms. The molecule has 3 aromatic rings. The molecule has 4 nitrogen and oxygen atoms in total. The van der Waals surface area contributed by atoms with Crippen molar-refractivity contribution >= 4 is 10.9 Å². The fraction of sp³-hybridized carbons (Fsp3) is 0.0667. The number of para-hydroxylation sites is 1. The van der Waals surface area contributed by atoms with E-state index in [0.717, 1.165) is 12.1 Å². The molecule has 112 valence electrons. The van der Waals surface area contributed by atoms with Gasteiger partial charge in [-0.15, -0.1) is 4.73 Å². The highest BCUT2D eigenvalue weighted by molar-refractivity contribution is 5.79. The molecule has 22 heavy (non-hydrogen) atoms. The van der Waals surface area contributed by atoms with Crippen LogP contribution in [0.15, 0.2) is 53.3 Å². The second kappa shape index (κ2) is 4.87. The van der Waals surface area contributed by atoms with Gasteiger partial charge < -0.3 is 5.21 Å². The lowest BCUT2D eigenvalue weighted by atomic mass is 10.1. The maximum absolute atomic E-state index is 12.8. The number of alkyl halides is 3. The SMILES string of the molecule is O=c1c2ccccc2nc(-c2cccc(C(F)(F)F)c2)n1O. The van der Waals surface area contributed by atoms with Crippen molar-refractivity contribution in [1.82, 2.24) is 9.71 Å². The summed E-state index contributed by atoms with van der Waals surface area (Å²) in [5.74, 6) is -0.241. The van der Waals surface area contributed by atoms with Crippen LogP contribution in [0.25, 0.3) is 22.3 Å². The van der Waals surface area contributed by atoms with Gasteiger partial charge in [0.1, 0.15) is 0 Å². The van der Waals surface area contributed by atoms with Gasteiger partial charge in [0.2, 0.25) is 0 Å². The number of nitrogens with zero attached hydrogens (tertiary/aromatic N) is 2. The number of fused-ring (bicyclic) bond motifs is 1. The van der Waals surface area contributed by atoms with Gasteiger partial charge in [-0.1, -0.05) is 24.3 Å². The molecule has 2 aromatic carbocycles. The van der Waals surface area contributed by atoms with Crippen molar-refractivity contribution in [2.45, 2.75) is 6.18 Å². The van der Waals surface area contributed by atoms with Crippen molar-refractivity contribution in [1.29, 1.82) is 0 Å². The van der Waals surface area contributed by atoms with Gasteiger partial charge in [-0.05, 0) is 24.3 Å². The second-order valence-corrected chi connectivity index (χ2v) is 4.65. The summed E-state index contributed by atoms with van der Waals surface area (Å²) in [6, 6.07) is 10.6. The molecule has 0 amide bonds. The van der Waals surface area contributed by atoms with E-state index in [-0.39, 0.29) is 21.5 Å². The van der Waals surface area contributed by atoms with E-state index in [1.165, 1.54) is 18.2 Å². The van der Waals surface area contributed by atoms with Gasteiger partial charge in [-0.3, -0.25) is 4.79 Å². The summed E-state index contributed by atoms with van der Waals surface area (Å²) in [6.07, 6.45) is -4.52. The first-order valence-corrected chi connectivity index (χ1v) is 6.26. The first kappa shape index (κ1) is 14.1. The third-order valence-corrected chi connectivity index (χ3v) is 3.20. The summed E-state index contributed by atoms with van der Waals surface area (Å²) in [5.41, 5.74) is -1.32. The minimum Gasteiger partial charge on any atom is -0.423 e. The summed E-state index contributed by atoms with van der Waals surface area (Å²) in [4.78, 5) is 16.1. The van der Waals surface area contributed by atoms with Crippen LogP contribution in [0.5, 0.6) is 0 Å². The number of hydrogen-bond donors (Lipinski definition) is 1. The molecule has 0 aliphatic heterocycles. The Labute approximate surface area is 122 Å². The van der Waals surface area contributed by atoms with Crippen LogP contribution in [-0.2, 0) is 6.18 Å². The lowest BCUT2D eigenvalue weighted by Gasteiger charge is -2.10. The van der Waals surface area contributed by atoms with Crippen molar-refractivity contribution in [3.8, 4) is 11.4 Å². The zero-order valence-corrected chi connectivity index (χ0v) is 11.0. The average molecular weight is 306 g/mol. The topological polar surface area (TPSA) is 55.1 Å². The molecule has 1 heterocycles. The Kier molecular flexibility index (Phi) is 3.13. The third-order valence-electron chi connectivity index (χ3n) is 3.20. The Bertz CT molecular complexity index is 917. The highest BCUT2D eigenvalue weighted by atomic mass is 19.4. The summed E-state index contributed by atoms with van der Waals surface area (Å²) < 4.78 is 38.6. The van der Waals surface area contributed by atoms with E-state index in [0.29, 0.717) is 5.52 Å². The summed E-state index contributed by atoms with van der Waals surface area (Å²) in [7, 11) is 0. The van der Waals surface area contributed by atoms with Crippen molar-refractivity contribution in [2.75, 3.05) is 0 Å². The van der Waals surface area contributed by atoms with E-state index in [1.54, 1.807) is 18.2 Å². The van der Waals surface area contributed by atoms with Gasteiger partial charge in [-0.2, -0.15) is 13.2 Å². The maximum atomic E-state index is 12.8. The Balaban J connectivity index is 2.27. The number of hydrogen-bond acceptors (Lipinski definition) is 3. The van der Waals surface area contributed by atoms with Crippen LogP contribution in [0.2, 0.25) is 0 Å². The van der Waals surface area contributed by atoms with Crippen molar-refractivity contribution < 1.29 is 18.4 Å². The molecular weight excluding hydrogens is 297 g/mol. The molecular formula is C15H9F3N2O2. The van der Waals surface area contributed by atoms with E-state index in [9.17, 15) is 23.2 Å². The van der Waals surface area contributed by atoms with Gasteiger partial charge in [0.05, 0.1) is 16.5 Å². The van der Waals surface area contributed by atoms with Gasteiger partial charge in [0.25, 0.3) is 5.56 Å². The molecule has 0 fully saturated rings. The van der Waals surface area contributed by atoms with Crippen molar-refractivity contribution in [2.24, 2.45) is 0 Å². The minimum absolute atomic E-state index is 0.000165. The molecule has 3 rings (SSSR count). The fourth-order valence-corrected chi connectivity index (χ4v) is 2.15. The number of halogens is 3. The first-order valence-electron chi connectivity index (χ1n) is 6.26. The van der Waals surface area contributed by atoms with Crippen LogP contribution in [0.3, 0.4) is 0 Å². The van der Waals surface area contributed by atoms with E-state index in [4.69, 9.17) is 0 Å². The Hall–Kier alpha value is -2.83. The third kappa shape index (κ3) is 2.30. The molecule has 0 aliphatic carbocycles. The largest absolute Gasteiger partial charge is 0.423 e. The second-order valence-electron chi connectivity index (χ2n) is 4.65. The Morgan fingerprint density at radius 3 is 2.50 bits per heavy atom. The van der Waals surface area contributed by atoms with E-state index in [1.807, 2.05) is 0 Å². The molecule has 0 atom stereocenters.